The Morgan fingerprint density at radius 2 is 2.29 bits per heavy atom. The van der Waals surface area contributed by atoms with Gasteiger partial charge in [-0.15, -0.1) is 0 Å². The monoisotopic (exact) mass is 99.0 g/mol. The molecule has 3 nitrogen and oxygen atoms in total. The second-order valence-electron chi connectivity index (χ2n) is 1.63. The van der Waals surface area contributed by atoms with Crippen molar-refractivity contribution >= 4 is 11.7 Å². The third-order valence-corrected chi connectivity index (χ3v) is 0.977. The van der Waals surface area contributed by atoms with Gasteiger partial charge in [0.25, 0.3) is 0 Å². The van der Waals surface area contributed by atoms with Crippen molar-refractivity contribution in [2.75, 3.05) is 0 Å². The van der Waals surface area contributed by atoms with Crippen molar-refractivity contribution in [3.05, 3.63) is 0 Å². The fourth-order valence-corrected chi connectivity index (χ4v) is 0.402. The van der Waals surface area contributed by atoms with Crippen LogP contribution in [0.2, 0.25) is 0 Å². The standard InChI is InChI=1S/C4H5NO2/c5-4(7)2-1-3(2)6/h2H,1H2,(H2,5,7). The van der Waals surface area contributed by atoms with E-state index in [0.717, 1.165) is 0 Å². The number of primary amides is 1. The molecule has 3 heteroatoms. The molecule has 1 atom stereocenters. The fraction of sp³-hybridized carbons (Fsp3) is 0.500. The second kappa shape index (κ2) is 1.05. The molecule has 0 saturated heterocycles. The van der Waals surface area contributed by atoms with E-state index in [4.69, 9.17) is 5.73 Å². The van der Waals surface area contributed by atoms with Gasteiger partial charge in [-0.2, -0.15) is 0 Å². The van der Waals surface area contributed by atoms with Crippen LogP contribution in [0.15, 0.2) is 0 Å². The molecular formula is C4H5NO2. The van der Waals surface area contributed by atoms with Crippen molar-refractivity contribution in [3.8, 4) is 0 Å². The van der Waals surface area contributed by atoms with Crippen molar-refractivity contribution in [2.24, 2.45) is 11.7 Å². The smallest absolute Gasteiger partial charge is 0.228 e. The molecule has 7 heavy (non-hydrogen) atoms. The Balaban J connectivity index is 2.48. The summed E-state index contributed by atoms with van der Waals surface area (Å²) in [5, 5.41) is 0. The van der Waals surface area contributed by atoms with Gasteiger partial charge in [0.05, 0.1) is 0 Å². The zero-order valence-corrected chi connectivity index (χ0v) is 3.68. The first-order valence-electron chi connectivity index (χ1n) is 2.04. The summed E-state index contributed by atoms with van der Waals surface area (Å²) in [6, 6.07) is 0. The summed E-state index contributed by atoms with van der Waals surface area (Å²) in [5.41, 5.74) is 4.73. The maximum absolute atomic E-state index is 10.0. The van der Waals surface area contributed by atoms with Gasteiger partial charge in [-0.3, -0.25) is 9.59 Å². The predicted octanol–water partition coefficient (Wildman–Crippen LogP) is -0.939. The highest BCUT2D eigenvalue weighted by Crippen LogP contribution is 2.22. The van der Waals surface area contributed by atoms with Gasteiger partial charge in [0, 0.05) is 6.42 Å². The van der Waals surface area contributed by atoms with Gasteiger partial charge in [-0.05, 0) is 0 Å². The molecule has 1 saturated carbocycles. The Morgan fingerprint density at radius 3 is 2.29 bits per heavy atom. The molecule has 0 aromatic carbocycles. The Labute approximate surface area is 40.5 Å². The molecule has 0 spiro atoms. The zero-order valence-electron chi connectivity index (χ0n) is 3.68. The van der Waals surface area contributed by atoms with Crippen LogP contribution in [0.25, 0.3) is 0 Å². The molecule has 38 valence electrons. The van der Waals surface area contributed by atoms with Gasteiger partial charge >= 0.3 is 0 Å². The fourth-order valence-electron chi connectivity index (χ4n) is 0.402. The Kier molecular flexibility index (Phi) is 0.648. The first kappa shape index (κ1) is 4.30. The molecule has 1 aliphatic carbocycles. The summed E-state index contributed by atoms with van der Waals surface area (Å²) >= 11 is 0. The average molecular weight is 99.1 g/mol. The van der Waals surface area contributed by atoms with E-state index < -0.39 is 11.8 Å². The Bertz CT molecular complexity index is 130. The highest BCUT2D eigenvalue weighted by molar-refractivity contribution is 6.13. The SMILES string of the molecule is NC(=O)C1CC1=O. The van der Waals surface area contributed by atoms with E-state index in [1.54, 1.807) is 0 Å². The van der Waals surface area contributed by atoms with Gasteiger partial charge in [0.1, 0.15) is 11.7 Å². The topological polar surface area (TPSA) is 60.2 Å². The van der Waals surface area contributed by atoms with E-state index in [-0.39, 0.29) is 5.78 Å². The lowest BCUT2D eigenvalue weighted by Gasteiger charge is -1.75. The van der Waals surface area contributed by atoms with Crippen LogP contribution >= 0.6 is 0 Å². The van der Waals surface area contributed by atoms with Crippen molar-refractivity contribution < 1.29 is 9.59 Å². The molecule has 1 aliphatic rings. The largest absolute Gasteiger partial charge is 0.369 e. The first-order valence-corrected chi connectivity index (χ1v) is 2.04. The van der Waals surface area contributed by atoms with Crippen LogP contribution in [-0.4, -0.2) is 11.7 Å². The number of carbonyl (C=O) groups excluding carboxylic acids is 2. The van der Waals surface area contributed by atoms with E-state index in [1.807, 2.05) is 0 Å². The molecule has 1 rings (SSSR count). The van der Waals surface area contributed by atoms with Gasteiger partial charge in [0.2, 0.25) is 5.91 Å². The average Bonchev–Trinajstić information content (AvgIpc) is 2.17. The van der Waals surface area contributed by atoms with Crippen LogP contribution in [0.4, 0.5) is 0 Å². The number of rotatable bonds is 1. The Hall–Kier alpha value is -0.860. The Morgan fingerprint density at radius 1 is 1.86 bits per heavy atom. The third-order valence-electron chi connectivity index (χ3n) is 0.977. The van der Waals surface area contributed by atoms with Crippen LogP contribution in [0.1, 0.15) is 6.42 Å². The molecule has 1 unspecified atom stereocenters. The van der Waals surface area contributed by atoms with Crippen LogP contribution in [-0.2, 0) is 9.59 Å². The number of carbonyl (C=O) groups is 2. The second-order valence-corrected chi connectivity index (χ2v) is 1.63. The van der Waals surface area contributed by atoms with Gasteiger partial charge in [-0.25, -0.2) is 0 Å². The maximum Gasteiger partial charge on any atom is 0.228 e. The van der Waals surface area contributed by atoms with Gasteiger partial charge in [-0.1, -0.05) is 0 Å². The number of hydrogen-bond acceptors (Lipinski definition) is 2. The lowest BCUT2D eigenvalue weighted by molar-refractivity contribution is -0.121. The quantitative estimate of drug-likeness (QED) is 0.431. The summed E-state index contributed by atoms with van der Waals surface area (Å²) < 4.78 is 0. The van der Waals surface area contributed by atoms with Crippen molar-refractivity contribution in [1.29, 1.82) is 0 Å². The summed E-state index contributed by atoms with van der Waals surface area (Å²) in [7, 11) is 0. The van der Waals surface area contributed by atoms with E-state index in [1.165, 1.54) is 0 Å². The highest BCUT2D eigenvalue weighted by atomic mass is 16.2. The molecule has 2 N–H and O–H groups in total. The molecule has 0 radical (unpaired) electrons. The normalized spacial score (nSPS) is 27.4. The van der Waals surface area contributed by atoms with Crippen molar-refractivity contribution in [1.82, 2.24) is 0 Å². The van der Waals surface area contributed by atoms with Gasteiger partial charge < -0.3 is 5.73 Å². The van der Waals surface area contributed by atoms with Crippen LogP contribution < -0.4 is 5.73 Å². The summed E-state index contributed by atoms with van der Waals surface area (Å²) in [6.45, 7) is 0. The molecular weight excluding hydrogens is 94.0 g/mol. The van der Waals surface area contributed by atoms with Crippen LogP contribution in [0.5, 0.6) is 0 Å². The number of nitrogens with two attached hydrogens (primary N) is 1. The van der Waals surface area contributed by atoms with Gasteiger partial charge in [0.15, 0.2) is 0 Å². The molecule has 1 amide bonds. The van der Waals surface area contributed by atoms with Crippen molar-refractivity contribution in [3.63, 3.8) is 0 Å². The summed E-state index contributed by atoms with van der Waals surface area (Å²) in [4.78, 5) is 20.0. The maximum atomic E-state index is 10.0. The highest BCUT2D eigenvalue weighted by Gasteiger charge is 2.39. The van der Waals surface area contributed by atoms with Crippen molar-refractivity contribution in [2.45, 2.75) is 6.42 Å². The lowest BCUT2D eigenvalue weighted by atomic mass is 10.4. The molecule has 0 aromatic heterocycles. The minimum atomic E-state index is -0.481. The van der Waals surface area contributed by atoms with Crippen LogP contribution in [0, 0.1) is 5.92 Å². The number of hydrogen-bond donors (Lipinski definition) is 1. The number of ketones is 1. The summed E-state index contributed by atoms with van der Waals surface area (Å²) in [5.74, 6) is -0.933. The number of amides is 1. The molecule has 0 aliphatic heterocycles. The van der Waals surface area contributed by atoms with E-state index in [0.29, 0.717) is 6.42 Å². The molecule has 1 fully saturated rings. The van der Waals surface area contributed by atoms with Crippen LogP contribution in [0.3, 0.4) is 0 Å². The van der Waals surface area contributed by atoms with E-state index in [9.17, 15) is 9.59 Å². The minimum Gasteiger partial charge on any atom is -0.369 e. The van der Waals surface area contributed by atoms with E-state index >= 15 is 0 Å². The number of Topliss-reactive ketones (excluding diaryl/α,β-unsaturated/α-hetero) is 1. The first-order chi connectivity index (χ1) is 3.22. The molecule has 0 aromatic rings. The zero-order chi connectivity index (χ0) is 5.44. The molecule has 0 heterocycles. The third kappa shape index (κ3) is 0.607. The molecule has 0 bridgehead atoms. The minimum absolute atomic E-state index is 0.0208. The van der Waals surface area contributed by atoms with E-state index in [2.05, 4.69) is 0 Å². The lowest BCUT2D eigenvalue weighted by Crippen LogP contribution is -2.13. The predicted molar refractivity (Wildman–Crippen MR) is 22.3 cm³/mol. The summed E-state index contributed by atoms with van der Waals surface area (Å²) in [6.07, 6.45) is 0.370.